The average Bonchev–Trinajstić information content (AvgIpc) is 2.66. The van der Waals surface area contributed by atoms with Crippen molar-refractivity contribution >= 4 is 43.5 Å². The van der Waals surface area contributed by atoms with Gasteiger partial charge in [-0.05, 0) is 53.2 Å². The molecule has 108 valence electrons. The van der Waals surface area contributed by atoms with Gasteiger partial charge < -0.3 is 0 Å². The quantitative estimate of drug-likeness (QED) is 0.627. The summed E-state index contributed by atoms with van der Waals surface area (Å²) in [6.07, 6.45) is 1.93. The zero-order valence-corrected chi connectivity index (χ0v) is 15.5. The van der Waals surface area contributed by atoms with E-state index in [1.807, 2.05) is 36.9 Å². The fraction of sp³-hybridized carbons (Fsp3) is 0.400. The molecule has 1 heterocycles. The van der Waals surface area contributed by atoms with E-state index in [2.05, 4.69) is 43.0 Å². The fourth-order valence-electron chi connectivity index (χ4n) is 2.33. The highest BCUT2D eigenvalue weighted by molar-refractivity contribution is 9.10. The van der Waals surface area contributed by atoms with Crippen LogP contribution in [-0.4, -0.2) is 15.1 Å². The van der Waals surface area contributed by atoms with Crippen molar-refractivity contribution in [2.24, 2.45) is 13.0 Å². The molecule has 0 bridgehead atoms. The van der Waals surface area contributed by atoms with E-state index in [9.17, 15) is 0 Å². The van der Waals surface area contributed by atoms with Crippen LogP contribution in [0.15, 0.2) is 28.7 Å². The molecule has 0 saturated carbocycles. The number of hydrogen-bond acceptors (Lipinski definition) is 1. The summed E-state index contributed by atoms with van der Waals surface area (Å²) in [5.74, 6) is 0.487. The van der Waals surface area contributed by atoms with E-state index in [4.69, 9.17) is 11.6 Å². The van der Waals surface area contributed by atoms with E-state index in [0.29, 0.717) is 5.92 Å². The molecule has 0 aliphatic rings. The molecule has 20 heavy (non-hydrogen) atoms. The molecule has 0 saturated heterocycles. The average molecular weight is 421 g/mol. The molecule has 1 unspecified atom stereocenters. The number of rotatable bonds is 5. The van der Waals surface area contributed by atoms with Crippen molar-refractivity contribution in [1.82, 2.24) is 9.78 Å². The standard InChI is InChI=1S/C15H17Br2ClN2/c1-10-15(17)14(20(2)19-10)8-11(9-16)7-12-5-3-4-6-13(12)18/h3-6,11H,7-9H2,1-2H3. The van der Waals surface area contributed by atoms with Crippen LogP contribution in [0.25, 0.3) is 0 Å². The summed E-state index contributed by atoms with van der Waals surface area (Å²) < 4.78 is 3.08. The second kappa shape index (κ2) is 7.10. The fourth-order valence-corrected chi connectivity index (χ4v) is 3.50. The highest BCUT2D eigenvalue weighted by atomic mass is 79.9. The van der Waals surface area contributed by atoms with Gasteiger partial charge in [0.05, 0.1) is 15.9 Å². The van der Waals surface area contributed by atoms with Crippen LogP contribution in [0.2, 0.25) is 5.02 Å². The van der Waals surface area contributed by atoms with Crippen molar-refractivity contribution in [3.63, 3.8) is 0 Å². The molecule has 1 atom stereocenters. The number of hydrogen-bond donors (Lipinski definition) is 0. The van der Waals surface area contributed by atoms with Gasteiger partial charge in [-0.2, -0.15) is 5.10 Å². The first-order valence-electron chi connectivity index (χ1n) is 6.50. The third-order valence-corrected chi connectivity index (χ3v) is 5.74. The van der Waals surface area contributed by atoms with Crippen molar-refractivity contribution in [2.75, 3.05) is 5.33 Å². The van der Waals surface area contributed by atoms with E-state index < -0.39 is 0 Å². The number of alkyl halides is 1. The van der Waals surface area contributed by atoms with E-state index in [0.717, 1.165) is 33.4 Å². The Balaban J connectivity index is 2.15. The van der Waals surface area contributed by atoms with Crippen LogP contribution in [0.4, 0.5) is 0 Å². The summed E-state index contributed by atoms with van der Waals surface area (Å²) in [6.45, 7) is 2.02. The predicted octanol–water partition coefficient (Wildman–Crippen LogP) is 4.94. The smallest absolute Gasteiger partial charge is 0.0738 e. The Morgan fingerprint density at radius 2 is 2.00 bits per heavy atom. The largest absolute Gasteiger partial charge is 0.271 e. The lowest BCUT2D eigenvalue weighted by Gasteiger charge is -2.15. The van der Waals surface area contributed by atoms with Gasteiger partial charge in [-0.3, -0.25) is 4.68 Å². The van der Waals surface area contributed by atoms with Crippen LogP contribution < -0.4 is 0 Å². The maximum absolute atomic E-state index is 6.25. The van der Waals surface area contributed by atoms with Gasteiger partial charge >= 0.3 is 0 Å². The molecule has 2 aromatic rings. The van der Waals surface area contributed by atoms with E-state index >= 15 is 0 Å². The molecule has 0 amide bonds. The summed E-state index contributed by atoms with van der Waals surface area (Å²) in [7, 11) is 1.99. The number of nitrogens with zero attached hydrogens (tertiary/aromatic N) is 2. The Bertz CT molecular complexity index is 596. The van der Waals surface area contributed by atoms with Crippen molar-refractivity contribution in [2.45, 2.75) is 19.8 Å². The maximum Gasteiger partial charge on any atom is 0.0738 e. The molecule has 1 aromatic carbocycles. The summed E-state index contributed by atoms with van der Waals surface area (Å²) in [6, 6.07) is 8.06. The zero-order valence-electron chi connectivity index (χ0n) is 11.5. The topological polar surface area (TPSA) is 17.8 Å². The van der Waals surface area contributed by atoms with Gasteiger partial charge in [0.1, 0.15) is 0 Å². The van der Waals surface area contributed by atoms with Crippen LogP contribution in [0.5, 0.6) is 0 Å². The lowest BCUT2D eigenvalue weighted by Crippen LogP contribution is -2.13. The zero-order chi connectivity index (χ0) is 14.7. The molecule has 0 N–H and O–H groups in total. The molecular weight excluding hydrogens is 403 g/mol. The minimum absolute atomic E-state index is 0.487. The van der Waals surface area contributed by atoms with Crippen LogP contribution in [0.3, 0.4) is 0 Å². The van der Waals surface area contributed by atoms with Crippen molar-refractivity contribution < 1.29 is 0 Å². The van der Waals surface area contributed by atoms with Gasteiger partial charge in [0.2, 0.25) is 0 Å². The molecular formula is C15H17Br2ClN2. The Kier molecular flexibility index (Phi) is 5.70. The highest BCUT2D eigenvalue weighted by Gasteiger charge is 2.17. The molecule has 0 fully saturated rings. The molecule has 2 nitrogen and oxygen atoms in total. The summed E-state index contributed by atoms with van der Waals surface area (Å²) >= 11 is 13.5. The number of benzene rings is 1. The van der Waals surface area contributed by atoms with Crippen LogP contribution in [0.1, 0.15) is 17.0 Å². The predicted molar refractivity (Wildman–Crippen MR) is 91.8 cm³/mol. The number of halogens is 3. The van der Waals surface area contributed by atoms with E-state index in [1.54, 1.807) is 0 Å². The first kappa shape index (κ1) is 16.1. The maximum atomic E-state index is 6.25. The van der Waals surface area contributed by atoms with Crippen molar-refractivity contribution in [3.05, 3.63) is 50.7 Å². The second-order valence-corrected chi connectivity index (χ2v) is 6.84. The van der Waals surface area contributed by atoms with Crippen LogP contribution >= 0.6 is 43.5 Å². The summed E-state index contributed by atoms with van der Waals surface area (Å²) in [5.41, 5.74) is 3.47. The van der Waals surface area contributed by atoms with Gasteiger partial charge in [0, 0.05) is 17.4 Å². The van der Waals surface area contributed by atoms with Crippen LogP contribution in [-0.2, 0) is 19.9 Å². The summed E-state index contributed by atoms with van der Waals surface area (Å²) in [5, 5.41) is 6.24. The molecule has 0 aliphatic carbocycles. The first-order chi connectivity index (χ1) is 9.52. The Morgan fingerprint density at radius 1 is 1.30 bits per heavy atom. The Labute approximate surface area is 141 Å². The van der Waals surface area contributed by atoms with Gasteiger partial charge in [0.15, 0.2) is 0 Å². The molecule has 5 heteroatoms. The minimum Gasteiger partial charge on any atom is -0.271 e. The monoisotopic (exact) mass is 418 g/mol. The number of aromatic nitrogens is 2. The molecule has 1 aromatic heterocycles. The third kappa shape index (κ3) is 3.66. The second-order valence-electron chi connectivity index (χ2n) is 4.99. The Hall–Kier alpha value is -0.320. The molecule has 0 radical (unpaired) electrons. The van der Waals surface area contributed by atoms with Gasteiger partial charge in [-0.15, -0.1) is 0 Å². The molecule has 0 aliphatic heterocycles. The normalized spacial score (nSPS) is 12.7. The Morgan fingerprint density at radius 3 is 2.55 bits per heavy atom. The first-order valence-corrected chi connectivity index (χ1v) is 8.79. The third-order valence-electron chi connectivity index (χ3n) is 3.43. The lowest BCUT2D eigenvalue weighted by molar-refractivity contribution is 0.555. The SMILES string of the molecule is Cc1nn(C)c(CC(CBr)Cc2ccccc2Cl)c1Br. The highest BCUT2D eigenvalue weighted by Crippen LogP contribution is 2.26. The minimum atomic E-state index is 0.487. The van der Waals surface area contributed by atoms with Crippen LogP contribution in [0, 0.1) is 12.8 Å². The summed E-state index contributed by atoms with van der Waals surface area (Å²) in [4.78, 5) is 0. The van der Waals surface area contributed by atoms with Crippen molar-refractivity contribution in [1.29, 1.82) is 0 Å². The van der Waals surface area contributed by atoms with E-state index in [1.165, 1.54) is 11.3 Å². The molecule has 0 spiro atoms. The lowest BCUT2D eigenvalue weighted by atomic mass is 9.96. The van der Waals surface area contributed by atoms with Gasteiger partial charge in [0.25, 0.3) is 0 Å². The molecule has 2 rings (SSSR count). The van der Waals surface area contributed by atoms with E-state index in [-0.39, 0.29) is 0 Å². The van der Waals surface area contributed by atoms with Gasteiger partial charge in [-0.25, -0.2) is 0 Å². The van der Waals surface area contributed by atoms with Gasteiger partial charge in [-0.1, -0.05) is 45.7 Å². The van der Waals surface area contributed by atoms with Crippen molar-refractivity contribution in [3.8, 4) is 0 Å². The number of aryl methyl sites for hydroxylation is 2.